The standard InChI is InChI=1S/C37H49F2N3O2/c1-22(2)42(26(6)43)25(5)32-18-27-16-23(3)24(4)17-33(27)37(32)12-14-40(15-13-37)35(44)31-21-41(36(7,8)9)20-30(31)29-11-10-28(38)19-34(29)39/h10-11,16-17,19,22,30-32H,5,12-15,18,20-21H2,1-4,6-9H3/t30-,31+,32-/m0/s1. The molecule has 3 atom stereocenters. The van der Waals surface area contributed by atoms with Crippen molar-refractivity contribution in [2.45, 2.75) is 97.6 Å². The topological polar surface area (TPSA) is 43.9 Å². The molecule has 238 valence electrons. The first-order chi connectivity index (χ1) is 20.5. The summed E-state index contributed by atoms with van der Waals surface area (Å²) in [6.45, 7) is 23.1. The first-order valence-electron chi connectivity index (χ1n) is 16.1. The highest BCUT2D eigenvalue weighted by molar-refractivity contribution is 5.81. The van der Waals surface area contributed by atoms with Gasteiger partial charge in [-0.15, -0.1) is 0 Å². The van der Waals surface area contributed by atoms with Crippen molar-refractivity contribution in [3.63, 3.8) is 0 Å². The maximum atomic E-state index is 15.1. The lowest BCUT2D eigenvalue weighted by atomic mass is 9.66. The Kier molecular flexibility index (Phi) is 8.60. The first-order valence-corrected chi connectivity index (χ1v) is 16.1. The zero-order valence-corrected chi connectivity index (χ0v) is 27.8. The van der Waals surface area contributed by atoms with Gasteiger partial charge in [0.1, 0.15) is 11.6 Å². The highest BCUT2D eigenvalue weighted by atomic mass is 19.1. The summed E-state index contributed by atoms with van der Waals surface area (Å²) < 4.78 is 28.9. The molecular formula is C37H49F2N3O2. The number of benzene rings is 2. The molecule has 0 bridgehead atoms. The fourth-order valence-electron chi connectivity index (χ4n) is 8.31. The fourth-order valence-corrected chi connectivity index (χ4v) is 8.31. The van der Waals surface area contributed by atoms with E-state index in [1.165, 1.54) is 34.4 Å². The predicted molar refractivity (Wildman–Crippen MR) is 171 cm³/mol. The number of piperidine rings is 1. The molecule has 2 fully saturated rings. The third kappa shape index (κ3) is 5.61. The number of amides is 2. The largest absolute Gasteiger partial charge is 0.342 e. The van der Waals surface area contributed by atoms with Gasteiger partial charge in [-0.1, -0.05) is 24.8 Å². The van der Waals surface area contributed by atoms with Crippen molar-refractivity contribution in [3.05, 3.63) is 82.1 Å². The quantitative estimate of drug-likeness (QED) is 0.373. The zero-order chi connectivity index (χ0) is 32.3. The van der Waals surface area contributed by atoms with Gasteiger partial charge in [0.2, 0.25) is 11.8 Å². The van der Waals surface area contributed by atoms with E-state index in [-0.39, 0.29) is 40.6 Å². The van der Waals surface area contributed by atoms with Crippen LogP contribution in [0, 0.1) is 37.3 Å². The van der Waals surface area contributed by atoms with E-state index in [9.17, 15) is 14.0 Å². The van der Waals surface area contributed by atoms with Crippen LogP contribution in [0.2, 0.25) is 0 Å². The predicted octanol–water partition coefficient (Wildman–Crippen LogP) is 6.90. The van der Waals surface area contributed by atoms with E-state index in [0.717, 1.165) is 31.0 Å². The van der Waals surface area contributed by atoms with Crippen molar-refractivity contribution in [2.24, 2.45) is 11.8 Å². The average Bonchev–Trinajstić information content (AvgIpc) is 3.49. The maximum absolute atomic E-state index is 15.1. The van der Waals surface area contributed by atoms with Crippen LogP contribution in [0.1, 0.15) is 88.1 Å². The Morgan fingerprint density at radius 2 is 1.66 bits per heavy atom. The summed E-state index contributed by atoms with van der Waals surface area (Å²) in [5.74, 6) is -1.86. The molecule has 7 heteroatoms. The van der Waals surface area contributed by atoms with Crippen molar-refractivity contribution in [3.8, 4) is 0 Å². The van der Waals surface area contributed by atoms with Gasteiger partial charge in [0.25, 0.3) is 0 Å². The Bertz CT molecular complexity index is 1470. The normalized spacial score (nSPS) is 23.3. The van der Waals surface area contributed by atoms with Crippen LogP contribution in [0.4, 0.5) is 8.78 Å². The van der Waals surface area contributed by atoms with Gasteiger partial charge in [0, 0.05) is 73.7 Å². The zero-order valence-electron chi connectivity index (χ0n) is 27.8. The number of halogens is 2. The van der Waals surface area contributed by atoms with Gasteiger partial charge in [-0.2, -0.15) is 0 Å². The van der Waals surface area contributed by atoms with E-state index in [1.54, 1.807) is 6.92 Å². The summed E-state index contributed by atoms with van der Waals surface area (Å²) in [5.41, 5.74) is 6.02. The molecule has 2 saturated heterocycles. The molecule has 2 heterocycles. The third-order valence-corrected chi connectivity index (χ3v) is 10.8. The molecule has 2 amide bonds. The number of fused-ring (bicyclic) bond motifs is 2. The number of hydrogen-bond acceptors (Lipinski definition) is 3. The molecule has 3 aliphatic rings. The number of carbonyl (C=O) groups is 2. The second-order valence-electron chi connectivity index (χ2n) is 14.8. The number of rotatable bonds is 5. The molecule has 0 saturated carbocycles. The van der Waals surface area contributed by atoms with Crippen LogP contribution in [0.5, 0.6) is 0 Å². The lowest BCUT2D eigenvalue weighted by Gasteiger charge is -2.47. The highest BCUT2D eigenvalue weighted by Gasteiger charge is 2.52. The van der Waals surface area contributed by atoms with Gasteiger partial charge in [-0.3, -0.25) is 14.5 Å². The second-order valence-corrected chi connectivity index (χ2v) is 14.8. The molecular weight excluding hydrogens is 556 g/mol. The van der Waals surface area contributed by atoms with Gasteiger partial charge < -0.3 is 9.80 Å². The molecule has 0 unspecified atom stereocenters. The van der Waals surface area contributed by atoms with Crippen molar-refractivity contribution in [1.29, 1.82) is 0 Å². The van der Waals surface area contributed by atoms with Gasteiger partial charge in [-0.25, -0.2) is 8.78 Å². The minimum absolute atomic E-state index is 0.000200. The molecule has 2 aliphatic heterocycles. The number of hydrogen-bond donors (Lipinski definition) is 0. The Labute approximate surface area is 262 Å². The summed E-state index contributed by atoms with van der Waals surface area (Å²) in [6, 6.07) is 8.36. The SMILES string of the molecule is C=C([C@@H]1Cc2cc(C)c(C)cc2C12CCN(C(=O)[C@@H]1CN(C(C)(C)C)C[C@H]1c1ccc(F)cc1F)CC2)N(C(C)=O)C(C)C. The summed E-state index contributed by atoms with van der Waals surface area (Å²) in [6.07, 6.45) is 2.37. The van der Waals surface area contributed by atoms with Crippen molar-refractivity contribution >= 4 is 11.8 Å². The molecule has 0 N–H and O–H groups in total. The van der Waals surface area contributed by atoms with Crippen LogP contribution in [-0.4, -0.2) is 64.3 Å². The minimum atomic E-state index is -0.611. The van der Waals surface area contributed by atoms with Gasteiger partial charge in [0.15, 0.2) is 0 Å². The van der Waals surface area contributed by atoms with Crippen LogP contribution in [0.3, 0.4) is 0 Å². The van der Waals surface area contributed by atoms with Crippen molar-refractivity contribution < 1.29 is 18.4 Å². The summed E-state index contributed by atoms with van der Waals surface area (Å²) >= 11 is 0. The van der Waals surface area contributed by atoms with Gasteiger partial charge >= 0.3 is 0 Å². The van der Waals surface area contributed by atoms with E-state index >= 15 is 4.39 Å². The third-order valence-electron chi connectivity index (χ3n) is 10.8. The van der Waals surface area contributed by atoms with E-state index in [2.05, 4.69) is 58.2 Å². The van der Waals surface area contributed by atoms with Crippen molar-refractivity contribution in [1.82, 2.24) is 14.7 Å². The Morgan fingerprint density at radius 3 is 2.23 bits per heavy atom. The van der Waals surface area contributed by atoms with Gasteiger partial charge in [-0.05, 0) is 102 Å². The van der Waals surface area contributed by atoms with E-state index in [0.29, 0.717) is 31.7 Å². The monoisotopic (exact) mass is 605 g/mol. The molecule has 0 aromatic heterocycles. The minimum Gasteiger partial charge on any atom is -0.342 e. The highest BCUT2D eigenvalue weighted by Crippen LogP contribution is 2.54. The molecule has 5 nitrogen and oxygen atoms in total. The number of aryl methyl sites for hydroxylation is 2. The Balaban J connectivity index is 1.45. The Hall–Kier alpha value is -3.06. The van der Waals surface area contributed by atoms with Crippen LogP contribution < -0.4 is 0 Å². The molecule has 2 aromatic carbocycles. The smallest absolute Gasteiger partial charge is 0.227 e. The Morgan fingerprint density at radius 1 is 1.02 bits per heavy atom. The van der Waals surface area contributed by atoms with Crippen LogP contribution >= 0.6 is 0 Å². The molecule has 1 aliphatic carbocycles. The number of nitrogens with zero attached hydrogens (tertiary/aromatic N) is 3. The summed E-state index contributed by atoms with van der Waals surface area (Å²) in [4.78, 5) is 33.2. The maximum Gasteiger partial charge on any atom is 0.227 e. The van der Waals surface area contributed by atoms with Crippen LogP contribution in [0.15, 0.2) is 42.6 Å². The lowest BCUT2D eigenvalue weighted by molar-refractivity contribution is -0.137. The molecule has 1 spiro atoms. The molecule has 5 rings (SSSR count). The van der Waals surface area contributed by atoms with E-state index in [4.69, 9.17) is 0 Å². The van der Waals surface area contributed by atoms with Crippen LogP contribution in [-0.2, 0) is 21.4 Å². The average molecular weight is 606 g/mol. The number of likely N-dealkylation sites (tertiary alicyclic amines) is 2. The van der Waals surface area contributed by atoms with Crippen molar-refractivity contribution in [2.75, 3.05) is 26.2 Å². The summed E-state index contributed by atoms with van der Waals surface area (Å²) in [5, 5.41) is 0. The second kappa shape index (κ2) is 11.7. The van der Waals surface area contributed by atoms with E-state index < -0.39 is 17.6 Å². The molecule has 2 aromatic rings. The van der Waals surface area contributed by atoms with E-state index in [1.807, 2.05) is 23.6 Å². The molecule has 0 radical (unpaired) electrons. The first kappa shape index (κ1) is 32.3. The lowest BCUT2D eigenvalue weighted by Crippen LogP contribution is -2.51. The fraction of sp³-hybridized carbons (Fsp3) is 0.568. The number of carbonyl (C=O) groups excluding carboxylic acids is 2. The summed E-state index contributed by atoms with van der Waals surface area (Å²) in [7, 11) is 0. The number of allylic oxidation sites excluding steroid dienone is 1. The van der Waals surface area contributed by atoms with Crippen LogP contribution in [0.25, 0.3) is 0 Å². The van der Waals surface area contributed by atoms with Gasteiger partial charge in [0.05, 0.1) is 5.92 Å². The molecule has 44 heavy (non-hydrogen) atoms.